The van der Waals surface area contributed by atoms with Crippen molar-refractivity contribution in [2.24, 2.45) is 0 Å². The molecule has 2 amide bonds. The van der Waals surface area contributed by atoms with Crippen molar-refractivity contribution in [3.05, 3.63) is 40.8 Å². The summed E-state index contributed by atoms with van der Waals surface area (Å²) >= 11 is 0.633. The van der Waals surface area contributed by atoms with E-state index in [9.17, 15) is 19.2 Å². The van der Waals surface area contributed by atoms with Crippen LogP contribution in [0.5, 0.6) is 5.75 Å². The van der Waals surface area contributed by atoms with E-state index in [1.165, 1.54) is 24.3 Å². The van der Waals surface area contributed by atoms with Crippen LogP contribution in [-0.4, -0.2) is 23.4 Å². The lowest BCUT2D eigenvalue weighted by molar-refractivity contribution is -0.129. The maximum atomic E-state index is 11.5. The minimum Gasteiger partial charge on any atom is -0.423 e. The van der Waals surface area contributed by atoms with Crippen molar-refractivity contribution in [1.82, 2.24) is 5.32 Å². The molecule has 1 saturated heterocycles. The lowest BCUT2D eigenvalue weighted by Crippen LogP contribution is -2.18. The number of imide groups is 1. The van der Waals surface area contributed by atoms with E-state index < -0.39 is 17.1 Å². The lowest BCUT2D eigenvalue weighted by atomic mass is 10.2. The summed E-state index contributed by atoms with van der Waals surface area (Å²) in [7, 11) is 0. The normalized spacial score (nSPS) is 16.3. The molecule has 1 heterocycles. The second-order valence-electron chi connectivity index (χ2n) is 3.46. The van der Waals surface area contributed by atoms with Gasteiger partial charge in [0.05, 0.1) is 4.91 Å². The van der Waals surface area contributed by atoms with Gasteiger partial charge in [-0.05, 0) is 36.0 Å². The van der Waals surface area contributed by atoms with Crippen molar-refractivity contribution >= 4 is 35.2 Å². The average Bonchev–Trinajstić information content (AvgIpc) is 2.68. The van der Waals surface area contributed by atoms with E-state index in [2.05, 4.69) is 0 Å². The summed E-state index contributed by atoms with van der Waals surface area (Å²) in [5.41, 5.74) is 0.453. The third-order valence-electron chi connectivity index (χ3n) is 2.13. The fourth-order valence-corrected chi connectivity index (χ4v) is 1.93. The van der Waals surface area contributed by atoms with E-state index in [-0.39, 0.29) is 10.7 Å². The Hall–Kier alpha value is -2.41. The van der Waals surface area contributed by atoms with Gasteiger partial charge in [-0.15, -0.1) is 0 Å². The largest absolute Gasteiger partial charge is 0.423 e. The third kappa shape index (κ3) is 3.29. The van der Waals surface area contributed by atoms with Crippen LogP contribution < -0.4 is 10.1 Å². The van der Waals surface area contributed by atoms with Crippen LogP contribution in [0.1, 0.15) is 10.4 Å². The SMILES string of the molecule is O=Cc1ccc(OC(=O)/C=C2/SC(=O)NC2=O)cc1. The molecule has 0 aliphatic carbocycles. The van der Waals surface area contributed by atoms with E-state index >= 15 is 0 Å². The van der Waals surface area contributed by atoms with Crippen molar-refractivity contribution < 1.29 is 23.9 Å². The van der Waals surface area contributed by atoms with Gasteiger partial charge < -0.3 is 4.74 Å². The summed E-state index contributed by atoms with van der Waals surface area (Å²) in [6.07, 6.45) is 1.61. The predicted molar refractivity (Wildman–Crippen MR) is 66.7 cm³/mol. The quantitative estimate of drug-likeness (QED) is 0.387. The Bertz CT molecular complexity index is 591. The molecule has 1 fully saturated rings. The first-order valence-corrected chi connectivity index (χ1v) is 5.92. The molecule has 0 spiro atoms. The second kappa shape index (κ2) is 5.49. The van der Waals surface area contributed by atoms with Crippen LogP contribution in [0, 0.1) is 0 Å². The molecule has 0 atom stereocenters. The van der Waals surface area contributed by atoms with E-state index in [1.54, 1.807) is 0 Å². The molecule has 0 saturated carbocycles. The molecule has 96 valence electrons. The van der Waals surface area contributed by atoms with Crippen LogP contribution in [0.3, 0.4) is 0 Å². The molecule has 19 heavy (non-hydrogen) atoms. The Morgan fingerprint density at radius 3 is 2.42 bits per heavy atom. The third-order valence-corrected chi connectivity index (χ3v) is 2.94. The maximum absolute atomic E-state index is 11.5. The van der Waals surface area contributed by atoms with E-state index in [0.717, 1.165) is 6.08 Å². The Morgan fingerprint density at radius 1 is 1.21 bits per heavy atom. The Balaban J connectivity index is 2.04. The molecule has 0 aromatic heterocycles. The van der Waals surface area contributed by atoms with Gasteiger partial charge in [0.15, 0.2) is 0 Å². The van der Waals surface area contributed by atoms with E-state index in [1.807, 2.05) is 5.32 Å². The van der Waals surface area contributed by atoms with Crippen LogP contribution in [-0.2, 0) is 9.59 Å². The monoisotopic (exact) mass is 277 g/mol. The molecule has 1 aromatic rings. The van der Waals surface area contributed by atoms with Gasteiger partial charge in [-0.25, -0.2) is 4.79 Å². The number of nitrogens with one attached hydrogen (secondary N) is 1. The number of benzene rings is 1. The van der Waals surface area contributed by atoms with Crippen molar-refractivity contribution in [3.8, 4) is 5.75 Å². The number of carbonyl (C=O) groups is 4. The number of carbonyl (C=O) groups excluding carboxylic acids is 4. The summed E-state index contributed by atoms with van der Waals surface area (Å²) < 4.78 is 4.92. The molecule has 6 nitrogen and oxygen atoms in total. The Kier molecular flexibility index (Phi) is 3.76. The van der Waals surface area contributed by atoms with E-state index in [4.69, 9.17) is 4.74 Å². The Labute approximate surface area is 111 Å². The predicted octanol–water partition coefficient (Wildman–Crippen LogP) is 1.27. The van der Waals surface area contributed by atoms with E-state index in [0.29, 0.717) is 23.6 Å². The summed E-state index contributed by atoms with van der Waals surface area (Å²) in [5.74, 6) is -1.16. The first-order valence-electron chi connectivity index (χ1n) is 5.10. The van der Waals surface area contributed by atoms with Gasteiger partial charge in [0.2, 0.25) is 0 Å². The minimum atomic E-state index is -0.772. The molecule has 2 rings (SSSR count). The average molecular weight is 277 g/mol. The minimum absolute atomic E-state index is 0.0143. The highest BCUT2D eigenvalue weighted by Crippen LogP contribution is 2.23. The van der Waals surface area contributed by atoms with Crippen LogP contribution in [0.25, 0.3) is 0 Å². The molecular formula is C12H7NO5S. The second-order valence-corrected chi connectivity index (χ2v) is 4.47. The number of rotatable bonds is 3. The number of hydrogen-bond donors (Lipinski definition) is 1. The zero-order valence-corrected chi connectivity index (χ0v) is 10.2. The first kappa shape index (κ1) is 13.0. The topological polar surface area (TPSA) is 89.5 Å². The summed E-state index contributed by atoms with van der Waals surface area (Å²) in [6, 6.07) is 5.88. The molecule has 1 aromatic carbocycles. The van der Waals surface area contributed by atoms with Crippen LogP contribution in [0.15, 0.2) is 35.2 Å². The van der Waals surface area contributed by atoms with Gasteiger partial charge >= 0.3 is 5.97 Å². The van der Waals surface area contributed by atoms with Crippen molar-refractivity contribution in [1.29, 1.82) is 0 Å². The molecule has 0 radical (unpaired) electrons. The highest BCUT2D eigenvalue weighted by atomic mass is 32.2. The highest BCUT2D eigenvalue weighted by molar-refractivity contribution is 8.18. The first-order chi connectivity index (χ1) is 9.08. The number of hydrogen-bond acceptors (Lipinski definition) is 6. The van der Waals surface area contributed by atoms with Gasteiger partial charge in [0.25, 0.3) is 11.1 Å². The van der Waals surface area contributed by atoms with Crippen molar-refractivity contribution in [2.45, 2.75) is 0 Å². The number of amides is 2. The molecule has 1 aliphatic rings. The number of aldehydes is 1. The van der Waals surface area contributed by atoms with Gasteiger partial charge in [-0.1, -0.05) is 0 Å². The zero-order valence-electron chi connectivity index (χ0n) is 9.41. The van der Waals surface area contributed by atoms with Crippen molar-refractivity contribution in [2.75, 3.05) is 0 Å². The molecule has 1 N–H and O–H groups in total. The fraction of sp³-hybridized carbons (Fsp3) is 0. The summed E-state index contributed by atoms with van der Waals surface area (Å²) in [6.45, 7) is 0. The fourth-order valence-electron chi connectivity index (χ4n) is 1.29. The zero-order chi connectivity index (χ0) is 13.8. The van der Waals surface area contributed by atoms with Crippen molar-refractivity contribution in [3.63, 3.8) is 0 Å². The lowest BCUT2D eigenvalue weighted by Gasteiger charge is -2.01. The van der Waals surface area contributed by atoms with Crippen LogP contribution in [0.2, 0.25) is 0 Å². The summed E-state index contributed by atoms with van der Waals surface area (Å²) in [4.78, 5) is 44.0. The molecule has 1 aliphatic heterocycles. The number of esters is 1. The standard InChI is InChI=1S/C12H7NO5S/c14-6-7-1-3-8(4-2-7)18-10(15)5-9-11(16)13-12(17)19-9/h1-6H,(H,13,16,17)/b9-5+. The molecular weight excluding hydrogens is 270 g/mol. The Morgan fingerprint density at radius 2 is 1.89 bits per heavy atom. The van der Waals surface area contributed by atoms with Gasteiger partial charge in [0, 0.05) is 11.6 Å². The smallest absolute Gasteiger partial charge is 0.337 e. The maximum Gasteiger partial charge on any atom is 0.337 e. The summed E-state index contributed by atoms with van der Waals surface area (Å²) in [5, 5.41) is 1.49. The number of thioether (sulfide) groups is 1. The van der Waals surface area contributed by atoms with Crippen LogP contribution in [0.4, 0.5) is 4.79 Å². The highest BCUT2D eigenvalue weighted by Gasteiger charge is 2.26. The molecule has 7 heteroatoms. The molecule has 0 bridgehead atoms. The van der Waals surface area contributed by atoms with Crippen LogP contribution >= 0.6 is 11.8 Å². The van der Waals surface area contributed by atoms with Gasteiger partial charge in [-0.3, -0.25) is 19.7 Å². The number of ether oxygens (including phenoxy) is 1. The van der Waals surface area contributed by atoms with Gasteiger partial charge in [-0.2, -0.15) is 0 Å². The molecule has 0 unspecified atom stereocenters. The van der Waals surface area contributed by atoms with Gasteiger partial charge in [0.1, 0.15) is 12.0 Å².